The summed E-state index contributed by atoms with van der Waals surface area (Å²) < 4.78 is 21.2. The first kappa shape index (κ1) is 3.86. The van der Waals surface area contributed by atoms with Crippen LogP contribution < -0.4 is 0 Å². The van der Waals surface area contributed by atoms with E-state index in [1.165, 1.54) is 25.1 Å². The lowest BCUT2D eigenvalue weighted by atomic mass is 10.2. The van der Waals surface area contributed by atoms with Crippen LogP contribution in [-0.4, -0.2) is 10.8 Å². The molecule has 0 aliphatic carbocycles. The molecule has 0 aliphatic heterocycles. The lowest BCUT2D eigenvalue weighted by Gasteiger charge is -1.93. The molecule has 10 heavy (non-hydrogen) atoms. The highest BCUT2D eigenvalue weighted by Gasteiger charge is 1.97. The van der Waals surface area contributed by atoms with Crippen LogP contribution >= 0.6 is 0 Å². The molecule has 1 rings (SSSR count). The fourth-order valence-electron chi connectivity index (χ4n) is 0.631. The second-order valence-corrected chi connectivity index (χ2v) is 1.96. The molecule has 2 heteroatoms. The second-order valence-electron chi connectivity index (χ2n) is 1.96. The van der Waals surface area contributed by atoms with Crippen LogP contribution in [0.5, 0.6) is 0 Å². The first-order valence-corrected chi connectivity index (χ1v) is 2.90. The van der Waals surface area contributed by atoms with Crippen LogP contribution in [0, 0.1) is 6.85 Å². The molecular formula is C8H9NO. The predicted molar refractivity (Wildman–Crippen MR) is 39.0 cm³/mol. The Balaban J connectivity index is 3.13. The van der Waals surface area contributed by atoms with Crippen molar-refractivity contribution in [2.45, 2.75) is 13.8 Å². The summed E-state index contributed by atoms with van der Waals surface area (Å²) in [5.74, 6) is -0.230. The van der Waals surface area contributed by atoms with Gasteiger partial charge in [0.05, 0.1) is 0 Å². The quantitative estimate of drug-likeness (QED) is 0.551. The summed E-state index contributed by atoms with van der Waals surface area (Å²) in [7, 11) is 0. The summed E-state index contributed by atoms with van der Waals surface area (Å²) in [5.41, 5.74) is 0.147. The Morgan fingerprint density at radius 3 is 3.10 bits per heavy atom. The summed E-state index contributed by atoms with van der Waals surface area (Å²) in [6.07, 6.45) is 0. The SMILES string of the molecule is [2H]C([2H])([2H])c1cccc(C(C)=O)n1. The number of aromatic nitrogens is 1. The Bertz CT molecular complexity index is 332. The number of ketones is 1. The maximum absolute atomic E-state index is 10.9. The molecular weight excluding hydrogens is 126 g/mol. The number of hydrogen-bond acceptors (Lipinski definition) is 2. The number of carbonyl (C=O) groups excluding carboxylic acids is 1. The van der Waals surface area contributed by atoms with Crippen LogP contribution in [0.3, 0.4) is 0 Å². The van der Waals surface area contributed by atoms with E-state index >= 15 is 0 Å². The van der Waals surface area contributed by atoms with Gasteiger partial charge in [-0.05, 0) is 19.0 Å². The Labute approximate surface area is 64.1 Å². The molecule has 0 aliphatic rings. The third-order valence-corrected chi connectivity index (χ3v) is 1.11. The molecule has 1 heterocycles. The molecule has 0 spiro atoms. The molecule has 0 bridgehead atoms. The standard InChI is InChI=1S/C8H9NO/c1-6-4-3-5-8(9-6)7(2)10/h3-5H,1-2H3/i1D3. The normalized spacial score (nSPS) is 15.1. The van der Waals surface area contributed by atoms with Crippen molar-refractivity contribution in [3.8, 4) is 0 Å². The zero-order valence-corrected chi connectivity index (χ0v) is 5.59. The van der Waals surface area contributed by atoms with Crippen molar-refractivity contribution in [1.29, 1.82) is 0 Å². The number of carbonyl (C=O) groups is 1. The van der Waals surface area contributed by atoms with Gasteiger partial charge in [0.15, 0.2) is 5.78 Å². The van der Waals surface area contributed by atoms with Crippen molar-refractivity contribution in [2.75, 3.05) is 0 Å². The number of pyridine rings is 1. The lowest BCUT2D eigenvalue weighted by molar-refractivity contribution is 0.101. The van der Waals surface area contributed by atoms with Gasteiger partial charge in [-0.1, -0.05) is 6.07 Å². The highest BCUT2D eigenvalue weighted by Crippen LogP contribution is 1.97. The largest absolute Gasteiger partial charge is 0.293 e. The van der Waals surface area contributed by atoms with E-state index in [1.807, 2.05) is 0 Å². The van der Waals surface area contributed by atoms with E-state index in [4.69, 9.17) is 4.11 Å². The Morgan fingerprint density at radius 2 is 2.50 bits per heavy atom. The molecule has 0 aromatic carbocycles. The van der Waals surface area contributed by atoms with Crippen molar-refractivity contribution >= 4 is 5.78 Å². The highest BCUT2D eigenvalue weighted by atomic mass is 16.1. The molecule has 0 radical (unpaired) electrons. The molecule has 1 aromatic heterocycles. The first-order valence-electron chi connectivity index (χ1n) is 4.40. The molecule has 0 saturated carbocycles. The zero-order chi connectivity index (χ0) is 10.1. The predicted octanol–water partition coefficient (Wildman–Crippen LogP) is 1.59. The number of hydrogen-bond donors (Lipinski definition) is 0. The lowest BCUT2D eigenvalue weighted by Crippen LogP contribution is -1.96. The summed E-state index contributed by atoms with van der Waals surface area (Å²) in [5, 5.41) is 0. The molecule has 0 unspecified atom stereocenters. The van der Waals surface area contributed by atoms with Gasteiger partial charge >= 0.3 is 0 Å². The Hall–Kier alpha value is -1.18. The summed E-state index contributed by atoms with van der Waals surface area (Å²) in [4.78, 5) is 14.6. The Morgan fingerprint density at radius 1 is 1.70 bits per heavy atom. The molecule has 52 valence electrons. The summed E-state index contributed by atoms with van der Waals surface area (Å²) in [6, 6.07) is 4.41. The van der Waals surface area contributed by atoms with Crippen molar-refractivity contribution < 1.29 is 8.91 Å². The molecule has 0 N–H and O–H groups in total. The van der Waals surface area contributed by atoms with Gasteiger partial charge < -0.3 is 0 Å². The average Bonchev–Trinajstić information content (AvgIpc) is 2.03. The fourth-order valence-corrected chi connectivity index (χ4v) is 0.631. The van der Waals surface area contributed by atoms with Crippen molar-refractivity contribution in [2.24, 2.45) is 0 Å². The van der Waals surface area contributed by atoms with Gasteiger partial charge in [-0.3, -0.25) is 9.78 Å². The van der Waals surface area contributed by atoms with E-state index in [0.717, 1.165) is 0 Å². The minimum absolute atomic E-state index is 0.0415. The Kier molecular flexibility index (Phi) is 1.01. The van der Waals surface area contributed by atoms with Gasteiger partial charge in [0.25, 0.3) is 0 Å². The van der Waals surface area contributed by atoms with E-state index < -0.39 is 6.85 Å². The first-order chi connectivity index (χ1) is 5.91. The van der Waals surface area contributed by atoms with E-state index in [0.29, 0.717) is 0 Å². The molecule has 2 nitrogen and oxygen atoms in total. The van der Waals surface area contributed by atoms with E-state index in [1.54, 1.807) is 0 Å². The monoisotopic (exact) mass is 138 g/mol. The zero-order valence-electron chi connectivity index (χ0n) is 8.59. The van der Waals surface area contributed by atoms with Crippen LogP contribution in [0.1, 0.15) is 27.2 Å². The smallest absolute Gasteiger partial charge is 0.178 e. The topological polar surface area (TPSA) is 30.0 Å². The number of Topliss-reactive ketones (excluding diaryl/α,β-unsaturated/α-hetero) is 1. The van der Waals surface area contributed by atoms with Crippen LogP contribution in [0.15, 0.2) is 18.2 Å². The van der Waals surface area contributed by atoms with Crippen molar-refractivity contribution in [3.05, 3.63) is 29.6 Å². The minimum atomic E-state index is -2.24. The van der Waals surface area contributed by atoms with Crippen molar-refractivity contribution in [1.82, 2.24) is 4.98 Å². The van der Waals surface area contributed by atoms with Gasteiger partial charge in [-0.25, -0.2) is 0 Å². The van der Waals surface area contributed by atoms with Gasteiger partial charge in [0.2, 0.25) is 0 Å². The number of aryl methyl sites for hydroxylation is 1. The van der Waals surface area contributed by atoms with Crippen LogP contribution in [0.4, 0.5) is 0 Å². The van der Waals surface area contributed by atoms with Gasteiger partial charge in [0.1, 0.15) is 5.69 Å². The van der Waals surface area contributed by atoms with E-state index in [2.05, 4.69) is 4.98 Å². The molecule has 0 amide bonds. The molecule has 1 aromatic rings. The third-order valence-electron chi connectivity index (χ3n) is 1.11. The summed E-state index contributed by atoms with van der Waals surface area (Å²) >= 11 is 0. The maximum atomic E-state index is 10.9. The highest BCUT2D eigenvalue weighted by molar-refractivity contribution is 5.91. The third kappa shape index (κ3) is 1.41. The average molecular weight is 138 g/mol. The van der Waals surface area contributed by atoms with Crippen LogP contribution in [-0.2, 0) is 0 Å². The summed E-state index contributed by atoms with van der Waals surface area (Å²) in [6.45, 7) is -0.892. The second kappa shape index (κ2) is 2.60. The number of rotatable bonds is 1. The van der Waals surface area contributed by atoms with Gasteiger partial charge in [-0.15, -0.1) is 0 Å². The van der Waals surface area contributed by atoms with Crippen LogP contribution in [0.2, 0.25) is 0 Å². The van der Waals surface area contributed by atoms with E-state index in [-0.39, 0.29) is 17.2 Å². The fraction of sp³-hybridized carbons (Fsp3) is 0.250. The molecule has 0 fully saturated rings. The minimum Gasteiger partial charge on any atom is -0.293 e. The molecule has 0 atom stereocenters. The van der Waals surface area contributed by atoms with Crippen molar-refractivity contribution in [3.63, 3.8) is 0 Å². The van der Waals surface area contributed by atoms with Gasteiger partial charge in [0, 0.05) is 16.7 Å². The van der Waals surface area contributed by atoms with Crippen LogP contribution in [0.25, 0.3) is 0 Å². The van der Waals surface area contributed by atoms with Gasteiger partial charge in [-0.2, -0.15) is 0 Å². The van der Waals surface area contributed by atoms with E-state index in [9.17, 15) is 4.79 Å². The maximum Gasteiger partial charge on any atom is 0.178 e. The molecule has 0 saturated heterocycles. The number of nitrogens with zero attached hydrogens (tertiary/aromatic N) is 1.